The second-order valence-electron chi connectivity index (χ2n) is 5.75. The van der Waals surface area contributed by atoms with Gasteiger partial charge < -0.3 is 19.7 Å². The molecule has 1 amide bonds. The molecule has 0 bridgehead atoms. The number of aromatic amines is 1. The highest BCUT2D eigenvalue weighted by Crippen LogP contribution is 2.21. The maximum Gasteiger partial charge on any atom is 0.222 e. The minimum atomic E-state index is -0.644. The van der Waals surface area contributed by atoms with Crippen LogP contribution in [0.2, 0.25) is 0 Å². The van der Waals surface area contributed by atoms with Gasteiger partial charge in [-0.1, -0.05) is 11.6 Å². The Kier molecular flexibility index (Phi) is 5.57. The van der Waals surface area contributed by atoms with Gasteiger partial charge in [-0.05, 0) is 31.0 Å². The first kappa shape index (κ1) is 16.5. The number of carbonyl (C=O) groups excluding carboxylic acids is 1. The summed E-state index contributed by atoms with van der Waals surface area (Å²) in [6, 6.07) is 6.26. The lowest BCUT2D eigenvalue weighted by atomic mass is 10.1. The molecule has 0 spiro atoms. The number of methoxy groups -OCH3 is 1. The lowest BCUT2D eigenvalue weighted by Crippen LogP contribution is -2.36. The molecule has 1 aromatic carbocycles. The van der Waals surface area contributed by atoms with Crippen molar-refractivity contribution in [1.29, 1.82) is 0 Å². The van der Waals surface area contributed by atoms with Gasteiger partial charge in [-0.3, -0.25) is 4.79 Å². The monoisotopic (exact) mass is 304 g/mol. The fourth-order valence-electron chi connectivity index (χ4n) is 2.59. The molecule has 0 saturated carbocycles. The quantitative estimate of drug-likeness (QED) is 0.821. The lowest BCUT2D eigenvalue weighted by Gasteiger charge is -2.20. The second-order valence-corrected chi connectivity index (χ2v) is 5.75. The van der Waals surface area contributed by atoms with E-state index in [4.69, 9.17) is 4.74 Å². The van der Waals surface area contributed by atoms with Gasteiger partial charge in [0.25, 0.3) is 0 Å². The van der Waals surface area contributed by atoms with E-state index in [1.54, 1.807) is 11.9 Å². The van der Waals surface area contributed by atoms with Crippen molar-refractivity contribution in [2.75, 3.05) is 27.3 Å². The average Bonchev–Trinajstić information content (AvgIpc) is 2.87. The minimum Gasteiger partial charge on any atom is -0.389 e. The molecule has 1 atom stereocenters. The number of amides is 1. The van der Waals surface area contributed by atoms with Crippen LogP contribution in [0.1, 0.15) is 17.5 Å². The summed E-state index contributed by atoms with van der Waals surface area (Å²) in [7, 11) is 3.24. The smallest absolute Gasteiger partial charge is 0.222 e. The van der Waals surface area contributed by atoms with Crippen LogP contribution in [0, 0.1) is 6.92 Å². The predicted octanol–water partition coefficient (Wildman–Crippen LogP) is 1.87. The zero-order valence-electron chi connectivity index (χ0n) is 13.4. The molecule has 22 heavy (non-hydrogen) atoms. The van der Waals surface area contributed by atoms with Gasteiger partial charge in [0.15, 0.2) is 0 Å². The van der Waals surface area contributed by atoms with Crippen molar-refractivity contribution in [2.45, 2.75) is 25.9 Å². The Morgan fingerprint density at radius 3 is 2.95 bits per heavy atom. The number of aromatic nitrogens is 1. The van der Waals surface area contributed by atoms with E-state index in [2.05, 4.69) is 30.1 Å². The third-order valence-corrected chi connectivity index (χ3v) is 3.80. The van der Waals surface area contributed by atoms with Crippen molar-refractivity contribution in [3.63, 3.8) is 0 Å². The van der Waals surface area contributed by atoms with Crippen molar-refractivity contribution in [3.05, 3.63) is 35.5 Å². The summed E-state index contributed by atoms with van der Waals surface area (Å²) >= 11 is 0. The number of aliphatic hydroxyl groups is 1. The molecule has 5 heteroatoms. The number of rotatable bonds is 7. The van der Waals surface area contributed by atoms with Crippen LogP contribution in [0.25, 0.3) is 10.9 Å². The van der Waals surface area contributed by atoms with Gasteiger partial charge in [0.1, 0.15) is 0 Å². The molecule has 2 rings (SSSR count). The number of hydrogen-bond acceptors (Lipinski definition) is 3. The molecular weight excluding hydrogens is 280 g/mol. The molecule has 0 aliphatic heterocycles. The highest BCUT2D eigenvalue weighted by Gasteiger charge is 2.14. The predicted molar refractivity (Wildman–Crippen MR) is 86.9 cm³/mol. The van der Waals surface area contributed by atoms with E-state index in [0.29, 0.717) is 19.4 Å². The molecule has 1 aromatic heterocycles. The molecule has 0 aliphatic rings. The topological polar surface area (TPSA) is 65.6 Å². The Labute approximate surface area is 130 Å². The van der Waals surface area contributed by atoms with E-state index < -0.39 is 6.10 Å². The zero-order chi connectivity index (χ0) is 16.1. The molecule has 5 nitrogen and oxygen atoms in total. The van der Waals surface area contributed by atoms with Crippen LogP contribution in [0.15, 0.2) is 24.4 Å². The number of ether oxygens (including phenoxy) is 1. The van der Waals surface area contributed by atoms with E-state index in [-0.39, 0.29) is 12.5 Å². The maximum absolute atomic E-state index is 12.1. The lowest BCUT2D eigenvalue weighted by molar-refractivity contribution is -0.131. The summed E-state index contributed by atoms with van der Waals surface area (Å²) in [6.45, 7) is 2.59. The van der Waals surface area contributed by atoms with E-state index in [1.165, 1.54) is 18.1 Å². The molecule has 0 radical (unpaired) electrons. The largest absolute Gasteiger partial charge is 0.389 e. The van der Waals surface area contributed by atoms with Crippen LogP contribution < -0.4 is 0 Å². The summed E-state index contributed by atoms with van der Waals surface area (Å²) in [5.74, 6) is 0.0251. The number of nitrogens with zero attached hydrogens (tertiary/aromatic N) is 1. The van der Waals surface area contributed by atoms with Crippen molar-refractivity contribution >= 4 is 16.8 Å². The van der Waals surface area contributed by atoms with E-state index >= 15 is 0 Å². The first-order valence-corrected chi connectivity index (χ1v) is 7.49. The molecule has 2 aromatic rings. The molecule has 0 fully saturated rings. The molecular formula is C17H24N2O3. The van der Waals surface area contributed by atoms with E-state index in [1.807, 2.05) is 6.20 Å². The Morgan fingerprint density at radius 2 is 2.23 bits per heavy atom. The number of H-pyrrole nitrogens is 1. The number of aliphatic hydroxyl groups excluding tert-OH is 1. The highest BCUT2D eigenvalue weighted by atomic mass is 16.5. The fourth-order valence-corrected chi connectivity index (χ4v) is 2.59. The molecule has 2 N–H and O–H groups in total. The van der Waals surface area contributed by atoms with Gasteiger partial charge in [0, 0.05) is 44.2 Å². The number of fused-ring (bicyclic) bond motifs is 1. The van der Waals surface area contributed by atoms with Crippen molar-refractivity contribution in [3.8, 4) is 0 Å². The molecule has 0 saturated heterocycles. The Morgan fingerprint density at radius 1 is 1.45 bits per heavy atom. The van der Waals surface area contributed by atoms with Crippen LogP contribution in [0.5, 0.6) is 0 Å². The molecule has 1 heterocycles. The van der Waals surface area contributed by atoms with Crippen molar-refractivity contribution in [1.82, 2.24) is 9.88 Å². The minimum absolute atomic E-state index is 0.0251. The van der Waals surface area contributed by atoms with Crippen LogP contribution in [0.3, 0.4) is 0 Å². The number of nitrogens with one attached hydrogen (secondary N) is 1. The zero-order valence-corrected chi connectivity index (χ0v) is 13.4. The van der Waals surface area contributed by atoms with Gasteiger partial charge in [-0.15, -0.1) is 0 Å². The second kappa shape index (κ2) is 7.42. The van der Waals surface area contributed by atoms with Gasteiger partial charge in [0.2, 0.25) is 5.91 Å². The SMILES string of the molecule is COCC(O)CN(C)C(=O)CCc1c[nH]c2ccc(C)cc12. The van der Waals surface area contributed by atoms with Gasteiger partial charge in [-0.2, -0.15) is 0 Å². The molecule has 1 unspecified atom stereocenters. The van der Waals surface area contributed by atoms with E-state index in [0.717, 1.165) is 11.1 Å². The normalized spacial score (nSPS) is 12.5. The van der Waals surface area contributed by atoms with Crippen LogP contribution in [-0.2, 0) is 16.0 Å². The summed E-state index contributed by atoms with van der Waals surface area (Å²) < 4.78 is 4.87. The van der Waals surface area contributed by atoms with E-state index in [9.17, 15) is 9.90 Å². The molecule has 0 aliphatic carbocycles. The summed E-state index contributed by atoms with van der Waals surface area (Å²) in [5, 5.41) is 10.8. The number of hydrogen-bond donors (Lipinski definition) is 2. The first-order chi connectivity index (χ1) is 10.5. The number of carbonyl (C=O) groups is 1. The average molecular weight is 304 g/mol. The third kappa shape index (κ3) is 4.08. The van der Waals surface area contributed by atoms with Crippen molar-refractivity contribution < 1.29 is 14.6 Å². The summed E-state index contributed by atoms with van der Waals surface area (Å²) in [5.41, 5.74) is 3.45. The maximum atomic E-state index is 12.1. The van der Waals surface area contributed by atoms with Crippen LogP contribution in [-0.4, -0.2) is 54.3 Å². The van der Waals surface area contributed by atoms with Gasteiger partial charge in [-0.25, -0.2) is 0 Å². The van der Waals surface area contributed by atoms with Crippen molar-refractivity contribution in [2.24, 2.45) is 0 Å². The number of benzene rings is 1. The van der Waals surface area contributed by atoms with Gasteiger partial charge in [0.05, 0.1) is 12.7 Å². The van der Waals surface area contributed by atoms with Crippen LogP contribution >= 0.6 is 0 Å². The van der Waals surface area contributed by atoms with Crippen LogP contribution in [0.4, 0.5) is 0 Å². The standard InChI is InChI=1S/C17H24N2O3/c1-12-4-6-16-15(8-12)13(9-18-16)5-7-17(21)19(2)10-14(20)11-22-3/h4,6,8-9,14,18,20H,5,7,10-11H2,1-3H3. The summed E-state index contributed by atoms with van der Waals surface area (Å²) in [4.78, 5) is 16.9. The Bertz CT molecular complexity index is 636. The Hall–Kier alpha value is -1.85. The molecule has 120 valence electrons. The van der Waals surface area contributed by atoms with Gasteiger partial charge >= 0.3 is 0 Å². The Balaban J connectivity index is 1.93. The first-order valence-electron chi connectivity index (χ1n) is 7.49. The fraction of sp³-hybridized carbons (Fsp3) is 0.471. The summed E-state index contributed by atoms with van der Waals surface area (Å²) in [6.07, 6.45) is 2.44. The third-order valence-electron chi connectivity index (χ3n) is 3.80. The number of aryl methyl sites for hydroxylation is 2. The number of likely N-dealkylation sites (N-methyl/N-ethyl adjacent to an activating group) is 1. The highest BCUT2D eigenvalue weighted by molar-refractivity contribution is 5.84.